The van der Waals surface area contributed by atoms with E-state index in [1.807, 2.05) is 38.1 Å². The SMILES string of the molecule is CCCCCOc1ccc(/C(O)=C2\C(=O)C(=O)N(c3ccc(OC(C)C)cc3)C2c2ccc(CC)cc2)cc1. The van der Waals surface area contributed by atoms with Crippen molar-refractivity contribution in [3.63, 3.8) is 0 Å². The third-order valence-electron chi connectivity index (χ3n) is 6.78. The molecule has 1 N–H and O–H groups in total. The van der Waals surface area contributed by atoms with Gasteiger partial charge in [0.05, 0.1) is 24.3 Å². The smallest absolute Gasteiger partial charge is 0.300 e. The monoisotopic (exact) mass is 527 g/mol. The van der Waals surface area contributed by atoms with Crippen molar-refractivity contribution in [3.05, 3.63) is 95.1 Å². The summed E-state index contributed by atoms with van der Waals surface area (Å²) in [5.74, 6) is -0.253. The van der Waals surface area contributed by atoms with Gasteiger partial charge in [-0.3, -0.25) is 14.5 Å². The number of carbonyl (C=O) groups excluding carboxylic acids is 2. The zero-order valence-corrected chi connectivity index (χ0v) is 23.1. The molecule has 4 rings (SSSR count). The van der Waals surface area contributed by atoms with Crippen molar-refractivity contribution in [2.24, 2.45) is 0 Å². The Hall–Kier alpha value is -4.06. The number of nitrogens with zero attached hydrogens (tertiary/aromatic N) is 1. The van der Waals surface area contributed by atoms with Crippen molar-refractivity contribution < 1.29 is 24.2 Å². The predicted molar refractivity (Wildman–Crippen MR) is 154 cm³/mol. The summed E-state index contributed by atoms with van der Waals surface area (Å²) in [7, 11) is 0. The van der Waals surface area contributed by atoms with Gasteiger partial charge in [0.15, 0.2) is 0 Å². The second-order valence-corrected chi connectivity index (χ2v) is 10.0. The molecule has 0 spiro atoms. The van der Waals surface area contributed by atoms with E-state index in [9.17, 15) is 14.7 Å². The Morgan fingerprint density at radius 1 is 0.872 bits per heavy atom. The predicted octanol–water partition coefficient (Wildman–Crippen LogP) is 7.23. The number of Topliss-reactive ketones (excluding diaryl/α,β-unsaturated/α-hetero) is 1. The molecule has 39 heavy (non-hydrogen) atoms. The number of ether oxygens (including phenoxy) is 2. The molecule has 1 aliphatic heterocycles. The van der Waals surface area contributed by atoms with Crippen LogP contribution in [0.4, 0.5) is 5.69 Å². The van der Waals surface area contributed by atoms with Crippen molar-refractivity contribution in [1.29, 1.82) is 0 Å². The van der Waals surface area contributed by atoms with Crippen molar-refractivity contribution in [1.82, 2.24) is 0 Å². The fraction of sp³-hybridized carbons (Fsp3) is 0.333. The van der Waals surface area contributed by atoms with Gasteiger partial charge in [0.25, 0.3) is 11.7 Å². The molecule has 6 nitrogen and oxygen atoms in total. The summed E-state index contributed by atoms with van der Waals surface area (Å²) in [5, 5.41) is 11.4. The largest absolute Gasteiger partial charge is 0.507 e. The van der Waals surface area contributed by atoms with Crippen LogP contribution in [0.5, 0.6) is 11.5 Å². The molecular formula is C33H37NO5. The Morgan fingerprint density at radius 2 is 1.51 bits per heavy atom. The quantitative estimate of drug-likeness (QED) is 0.123. The zero-order chi connectivity index (χ0) is 27.9. The van der Waals surface area contributed by atoms with E-state index in [4.69, 9.17) is 9.47 Å². The molecular weight excluding hydrogens is 490 g/mol. The summed E-state index contributed by atoms with van der Waals surface area (Å²) in [6.07, 6.45) is 4.07. The van der Waals surface area contributed by atoms with E-state index in [2.05, 4.69) is 13.8 Å². The molecule has 6 heteroatoms. The van der Waals surface area contributed by atoms with E-state index in [1.165, 1.54) is 4.90 Å². The number of amides is 1. The maximum atomic E-state index is 13.4. The first-order valence-electron chi connectivity index (χ1n) is 13.7. The van der Waals surface area contributed by atoms with Crippen LogP contribution in [0.15, 0.2) is 78.4 Å². The summed E-state index contributed by atoms with van der Waals surface area (Å²) in [4.78, 5) is 28.3. The van der Waals surface area contributed by atoms with E-state index >= 15 is 0 Å². The molecule has 1 heterocycles. The highest BCUT2D eigenvalue weighted by Gasteiger charge is 2.47. The van der Waals surface area contributed by atoms with Gasteiger partial charge in [-0.05, 0) is 86.3 Å². The third-order valence-corrected chi connectivity index (χ3v) is 6.78. The average molecular weight is 528 g/mol. The van der Waals surface area contributed by atoms with Gasteiger partial charge in [-0.2, -0.15) is 0 Å². The topological polar surface area (TPSA) is 76.1 Å². The Morgan fingerprint density at radius 3 is 2.10 bits per heavy atom. The fourth-order valence-corrected chi connectivity index (χ4v) is 4.71. The Kier molecular flexibility index (Phi) is 9.07. The van der Waals surface area contributed by atoms with Crippen LogP contribution in [-0.2, 0) is 16.0 Å². The number of benzene rings is 3. The van der Waals surface area contributed by atoms with Gasteiger partial charge < -0.3 is 14.6 Å². The Balaban J connectivity index is 1.73. The van der Waals surface area contributed by atoms with Gasteiger partial charge in [-0.1, -0.05) is 51.0 Å². The minimum Gasteiger partial charge on any atom is -0.507 e. The Labute approximate surface area is 230 Å². The van der Waals surface area contributed by atoms with Gasteiger partial charge >= 0.3 is 0 Å². The van der Waals surface area contributed by atoms with Gasteiger partial charge in [-0.15, -0.1) is 0 Å². The molecule has 1 saturated heterocycles. The summed E-state index contributed by atoms with van der Waals surface area (Å²) in [5.41, 5.74) is 2.94. The number of anilines is 1. The molecule has 0 aliphatic carbocycles. The molecule has 1 fully saturated rings. The molecule has 204 valence electrons. The van der Waals surface area contributed by atoms with Crippen LogP contribution in [0.3, 0.4) is 0 Å². The number of aryl methyl sites for hydroxylation is 1. The molecule has 3 aromatic carbocycles. The van der Waals surface area contributed by atoms with Crippen LogP contribution < -0.4 is 14.4 Å². The van der Waals surface area contributed by atoms with Gasteiger partial charge in [0, 0.05) is 11.3 Å². The minimum atomic E-state index is -0.780. The lowest BCUT2D eigenvalue weighted by Gasteiger charge is -2.26. The van der Waals surface area contributed by atoms with E-state index in [0.29, 0.717) is 29.4 Å². The average Bonchev–Trinajstić information content (AvgIpc) is 3.21. The lowest BCUT2D eigenvalue weighted by Crippen LogP contribution is -2.29. The van der Waals surface area contributed by atoms with Crippen molar-refractivity contribution in [3.8, 4) is 11.5 Å². The van der Waals surface area contributed by atoms with Crippen LogP contribution in [0, 0.1) is 0 Å². The van der Waals surface area contributed by atoms with Crippen LogP contribution in [-0.4, -0.2) is 29.5 Å². The van der Waals surface area contributed by atoms with E-state index in [1.54, 1.807) is 48.5 Å². The second-order valence-electron chi connectivity index (χ2n) is 10.0. The number of ketones is 1. The van der Waals surface area contributed by atoms with E-state index in [-0.39, 0.29) is 17.4 Å². The van der Waals surface area contributed by atoms with Crippen LogP contribution in [0.25, 0.3) is 5.76 Å². The molecule has 1 unspecified atom stereocenters. The van der Waals surface area contributed by atoms with Gasteiger partial charge in [0.2, 0.25) is 0 Å². The molecule has 0 aromatic heterocycles. The first kappa shape index (κ1) is 28.0. The van der Waals surface area contributed by atoms with Crippen LogP contribution in [0.2, 0.25) is 0 Å². The summed E-state index contributed by atoms with van der Waals surface area (Å²) in [6, 6.07) is 21.1. The highest BCUT2D eigenvalue weighted by molar-refractivity contribution is 6.51. The fourth-order valence-electron chi connectivity index (χ4n) is 4.71. The van der Waals surface area contributed by atoms with Gasteiger partial charge in [0.1, 0.15) is 17.3 Å². The zero-order valence-electron chi connectivity index (χ0n) is 23.1. The number of hydrogen-bond acceptors (Lipinski definition) is 5. The molecule has 1 amide bonds. The van der Waals surface area contributed by atoms with Crippen LogP contribution >= 0.6 is 0 Å². The highest BCUT2D eigenvalue weighted by atomic mass is 16.5. The van der Waals surface area contributed by atoms with Crippen molar-refractivity contribution >= 4 is 23.1 Å². The summed E-state index contributed by atoms with van der Waals surface area (Å²) >= 11 is 0. The minimum absolute atomic E-state index is 0.00953. The highest BCUT2D eigenvalue weighted by Crippen LogP contribution is 2.42. The standard InChI is InChI=1S/C33H37NO5/c1-5-7-8-21-38-27-17-13-25(14-18-27)31(35)29-30(24-11-9-23(6-2)10-12-24)34(33(37)32(29)36)26-15-19-28(20-16-26)39-22(3)4/h9-20,22,30,35H,5-8,21H2,1-4H3/b31-29+. The molecule has 3 aromatic rings. The van der Waals surface area contributed by atoms with E-state index in [0.717, 1.165) is 36.8 Å². The van der Waals surface area contributed by atoms with Crippen molar-refractivity contribution in [2.75, 3.05) is 11.5 Å². The first-order valence-corrected chi connectivity index (χ1v) is 13.7. The van der Waals surface area contributed by atoms with E-state index < -0.39 is 17.7 Å². The number of carbonyl (C=O) groups is 2. The first-order chi connectivity index (χ1) is 18.8. The maximum absolute atomic E-state index is 13.4. The second kappa shape index (κ2) is 12.7. The molecule has 1 aliphatic rings. The molecule has 0 bridgehead atoms. The van der Waals surface area contributed by atoms with Crippen molar-refractivity contribution in [2.45, 2.75) is 65.5 Å². The lowest BCUT2D eigenvalue weighted by atomic mass is 9.94. The number of aliphatic hydroxyl groups is 1. The number of rotatable bonds is 11. The maximum Gasteiger partial charge on any atom is 0.300 e. The number of unbranched alkanes of at least 4 members (excludes halogenated alkanes) is 2. The van der Waals surface area contributed by atoms with Crippen LogP contribution in [0.1, 0.15) is 69.7 Å². The van der Waals surface area contributed by atoms with Gasteiger partial charge in [-0.25, -0.2) is 0 Å². The number of aliphatic hydroxyl groups excluding tert-OH is 1. The lowest BCUT2D eigenvalue weighted by molar-refractivity contribution is -0.132. The molecule has 1 atom stereocenters. The summed E-state index contributed by atoms with van der Waals surface area (Å²) < 4.78 is 11.5. The number of hydrogen-bond donors (Lipinski definition) is 1. The Bertz CT molecular complexity index is 1310. The third kappa shape index (κ3) is 6.33. The molecule has 0 radical (unpaired) electrons. The summed E-state index contributed by atoms with van der Waals surface area (Å²) in [6.45, 7) is 8.72. The normalized spacial score (nSPS) is 16.6. The molecule has 0 saturated carbocycles.